The third kappa shape index (κ3) is 4.77. The summed E-state index contributed by atoms with van der Waals surface area (Å²) in [5, 5.41) is 3.08. The molecule has 0 bridgehead atoms. The fourth-order valence-corrected chi connectivity index (χ4v) is 4.07. The van der Waals surface area contributed by atoms with E-state index >= 15 is 0 Å². The number of carbonyl (C=O) groups is 2. The van der Waals surface area contributed by atoms with Crippen LogP contribution in [-0.2, 0) is 0 Å². The fourth-order valence-electron chi connectivity index (χ4n) is 4.07. The molecule has 1 saturated heterocycles. The lowest BCUT2D eigenvalue weighted by atomic mass is 10.1. The smallest absolute Gasteiger partial charge is 0.255 e. The van der Waals surface area contributed by atoms with Crippen molar-refractivity contribution in [3.63, 3.8) is 0 Å². The molecule has 0 saturated carbocycles. The summed E-state index contributed by atoms with van der Waals surface area (Å²) >= 11 is 0. The number of anilines is 2. The molecule has 0 spiro atoms. The zero-order chi connectivity index (χ0) is 21.8. The van der Waals surface area contributed by atoms with E-state index in [1.165, 1.54) is 0 Å². The van der Waals surface area contributed by atoms with Crippen LogP contribution in [0.5, 0.6) is 0 Å². The number of carbonyl (C=O) groups excluding carboxylic acids is 2. The summed E-state index contributed by atoms with van der Waals surface area (Å²) < 4.78 is 0. The van der Waals surface area contributed by atoms with Gasteiger partial charge in [0, 0.05) is 37.3 Å². The van der Waals surface area contributed by atoms with Crippen LogP contribution in [-0.4, -0.2) is 42.9 Å². The molecule has 1 aliphatic rings. The molecule has 4 rings (SSSR count). The fraction of sp³-hybridized carbons (Fsp3) is 0.231. The molecule has 158 valence electrons. The van der Waals surface area contributed by atoms with Crippen molar-refractivity contribution in [1.29, 1.82) is 0 Å². The summed E-state index contributed by atoms with van der Waals surface area (Å²) in [6, 6.07) is 23.1. The molecule has 5 heteroatoms. The molecule has 5 nitrogen and oxygen atoms in total. The maximum absolute atomic E-state index is 12.9. The molecule has 31 heavy (non-hydrogen) atoms. The van der Waals surface area contributed by atoms with Gasteiger partial charge in [-0.3, -0.25) is 9.59 Å². The first kappa shape index (κ1) is 20.7. The van der Waals surface area contributed by atoms with Gasteiger partial charge in [0.2, 0.25) is 0 Å². The van der Waals surface area contributed by atoms with E-state index < -0.39 is 0 Å². The number of nitrogens with zero attached hydrogens (tertiary/aromatic N) is 2. The van der Waals surface area contributed by atoms with Gasteiger partial charge in [0.15, 0.2) is 0 Å². The maximum atomic E-state index is 12.9. The van der Waals surface area contributed by atoms with Crippen molar-refractivity contribution >= 4 is 23.2 Å². The van der Waals surface area contributed by atoms with Crippen molar-refractivity contribution in [3.8, 4) is 0 Å². The van der Waals surface area contributed by atoms with Crippen LogP contribution in [0, 0.1) is 13.8 Å². The van der Waals surface area contributed by atoms with Crippen LogP contribution in [0.25, 0.3) is 0 Å². The molecule has 3 aromatic rings. The van der Waals surface area contributed by atoms with Crippen molar-refractivity contribution in [2.45, 2.75) is 13.8 Å². The third-order valence-electron chi connectivity index (χ3n) is 5.56. The minimum atomic E-state index is -0.114. The van der Waals surface area contributed by atoms with Gasteiger partial charge in [0.1, 0.15) is 0 Å². The molecular formula is C26H27N3O2. The standard InChI is InChI=1S/C26H27N3O2/c1-19-16-20(2)18-22(17-19)25(30)27-23-10-6-7-11-24(23)28-12-14-29(15-13-28)26(31)21-8-4-3-5-9-21/h3-11,16-18H,12-15H2,1-2H3,(H,27,30). The second kappa shape index (κ2) is 9.04. The van der Waals surface area contributed by atoms with Crippen LogP contribution in [0.1, 0.15) is 31.8 Å². The zero-order valence-corrected chi connectivity index (χ0v) is 18.0. The predicted octanol–water partition coefficient (Wildman–Crippen LogP) is 4.52. The molecule has 1 heterocycles. The van der Waals surface area contributed by atoms with Gasteiger partial charge in [-0.05, 0) is 50.2 Å². The van der Waals surface area contributed by atoms with E-state index in [2.05, 4.69) is 16.3 Å². The monoisotopic (exact) mass is 413 g/mol. The Kier molecular flexibility index (Phi) is 6.03. The normalized spacial score (nSPS) is 13.7. The first-order valence-electron chi connectivity index (χ1n) is 10.6. The van der Waals surface area contributed by atoms with E-state index in [-0.39, 0.29) is 11.8 Å². The van der Waals surface area contributed by atoms with E-state index in [1.807, 2.05) is 85.5 Å². The second-order valence-electron chi connectivity index (χ2n) is 7.99. The number of nitrogens with one attached hydrogen (secondary N) is 1. The second-order valence-corrected chi connectivity index (χ2v) is 7.99. The number of aryl methyl sites for hydroxylation is 2. The average molecular weight is 414 g/mol. The van der Waals surface area contributed by atoms with Gasteiger partial charge in [-0.2, -0.15) is 0 Å². The third-order valence-corrected chi connectivity index (χ3v) is 5.56. The minimum Gasteiger partial charge on any atom is -0.366 e. The van der Waals surface area contributed by atoms with Gasteiger partial charge in [-0.25, -0.2) is 0 Å². The Labute approximate surface area is 183 Å². The van der Waals surface area contributed by atoms with E-state index in [9.17, 15) is 9.59 Å². The Morgan fingerprint density at radius 3 is 2.03 bits per heavy atom. The van der Waals surface area contributed by atoms with Crippen molar-refractivity contribution in [2.24, 2.45) is 0 Å². The van der Waals surface area contributed by atoms with Gasteiger partial charge >= 0.3 is 0 Å². The van der Waals surface area contributed by atoms with E-state index in [0.717, 1.165) is 41.2 Å². The lowest BCUT2D eigenvalue weighted by Crippen LogP contribution is -2.49. The van der Waals surface area contributed by atoms with Crippen molar-refractivity contribution in [1.82, 2.24) is 4.90 Å². The summed E-state index contributed by atoms with van der Waals surface area (Å²) in [6.45, 7) is 6.71. The summed E-state index contributed by atoms with van der Waals surface area (Å²) in [7, 11) is 0. The lowest BCUT2D eigenvalue weighted by molar-refractivity contribution is 0.0746. The summed E-state index contributed by atoms with van der Waals surface area (Å²) in [5.74, 6) is -0.0474. The highest BCUT2D eigenvalue weighted by Crippen LogP contribution is 2.27. The largest absolute Gasteiger partial charge is 0.366 e. The predicted molar refractivity (Wildman–Crippen MR) is 125 cm³/mol. The van der Waals surface area contributed by atoms with E-state index in [0.29, 0.717) is 18.7 Å². The Morgan fingerprint density at radius 2 is 1.35 bits per heavy atom. The summed E-state index contributed by atoms with van der Waals surface area (Å²) in [6.07, 6.45) is 0. The van der Waals surface area contributed by atoms with Gasteiger partial charge in [-0.15, -0.1) is 0 Å². The first-order chi connectivity index (χ1) is 15.0. The number of hydrogen-bond donors (Lipinski definition) is 1. The quantitative estimate of drug-likeness (QED) is 0.684. The number of hydrogen-bond acceptors (Lipinski definition) is 3. The maximum Gasteiger partial charge on any atom is 0.255 e. The van der Waals surface area contributed by atoms with Crippen LogP contribution in [0.2, 0.25) is 0 Å². The molecule has 0 atom stereocenters. The van der Waals surface area contributed by atoms with Gasteiger partial charge < -0.3 is 15.1 Å². The number of amides is 2. The minimum absolute atomic E-state index is 0.0663. The van der Waals surface area contributed by atoms with Gasteiger partial charge in [-0.1, -0.05) is 47.5 Å². The average Bonchev–Trinajstić information content (AvgIpc) is 2.79. The van der Waals surface area contributed by atoms with Gasteiger partial charge in [0.05, 0.1) is 11.4 Å². The number of para-hydroxylation sites is 2. The molecule has 1 fully saturated rings. The van der Waals surface area contributed by atoms with Crippen LogP contribution in [0.15, 0.2) is 72.8 Å². The highest BCUT2D eigenvalue weighted by Gasteiger charge is 2.23. The van der Waals surface area contributed by atoms with Crippen LogP contribution in [0.3, 0.4) is 0 Å². The Morgan fingerprint density at radius 1 is 0.742 bits per heavy atom. The van der Waals surface area contributed by atoms with Crippen LogP contribution < -0.4 is 10.2 Å². The molecule has 1 N–H and O–H groups in total. The Hall–Kier alpha value is -3.60. The van der Waals surface area contributed by atoms with E-state index in [1.54, 1.807) is 0 Å². The molecular weight excluding hydrogens is 386 g/mol. The van der Waals surface area contributed by atoms with Crippen LogP contribution >= 0.6 is 0 Å². The number of benzene rings is 3. The Bertz CT molecular complexity index is 1070. The molecule has 0 unspecified atom stereocenters. The number of rotatable bonds is 4. The molecule has 0 radical (unpaired) electrons. The van der Waals surface area contributed by atoms with Crippen molar-refractivity contribution in [3.05, 3.63) is 95.1 Å². The van der Waals surface area contributed by atoms with Crippen molar-refractivity contribution in [2.75, 3.05) is 36.4 Å². The van der Waals surface area contributed by atoms with Crippen molar-refractivity contribution < 1.29 is 9.59 Å². The highest BCUT2D eigenvalue weighted by molar-refractivity contribution is 6.06. The summed E-state index contributed by atoms with van der Waals surface area (Å²) in [4.78, 5) is 29.7. The van der Waals surface area contributed by atoms with Crippen LogP contribution in [0.4, 0.5) is 11.4 Å². The highest BCUT2D eigenvalue weighted by atomic mass is 16.2. The lowest BCUT2D eigenvalue weighted by Gasteiger charge is -2.37. The first-order valence-corrected chi connectivity index (χ1v) is 10.6. The molecule has 2 amide bonds. The topological polar surface area (TPSA) is 52.7 Å². The van der Waals surface area contributed by atoms with Gasteiger partial charge in [0.25, 0.3) is 11.8 Å². The number of piperazine rings is 1. The SMILES string of the molecule is Cc1cc(C)cc(C(=O)Nc2ccccc2N2CCN(C(=O)c3ccccc3)CC2)c1. The molecule has 3 aromatic carbocycles. The Balaban J connectivity index is 1.45. The molecule has 0 aromatic heterocycles. The van der Waals surface area contributed by atoms with E-state index in [4.69, 9.17) is 0 Å². The zero-order valence-electron chi connectivity index (χ0n) is 18.0. The molecule has 0 aliphatic carbocycles. The molecule has 1 aliphatic heterocycles. The summed E-state index contributed by atoms with van der Waals surface area (Å²) in [5.41, 5.74) is 5.28.